The van der Waals surface area contributed by atoms with Crippen molar-refractivity contribution in [2.45, 2.75) is 17.6 Å². The van der Waals surface area contributed by atoms with E-state index in [1.165, 1.54) is 23.5 Å². The van der Waals surface area contributed by atoms with Crippen LogP contribution in [0.3, 0.4) is 0 Å². The van der Waals surface area contributed by atoms with Crippen molar-refractivity contribution in [2.24, 2.45) is 0 Å². The summed E-state index contributed by atoms with van der Waals surface area (Å²) in [4.78, 5) is 13.0. The number of amides is 1. The molecule has 7 heteroatoms. The van der Waals surface area contributed by atoms with Crippen molar-refractivity contribution in [1.29, 1.82) is 0 Å². The topological polar surface area (TPSA) is 29.1 Å². The minimum absolute atomic E-state index is 0.177. The van der Waals surface area contributed by atoms with Crippen molar-refractivity contribution in [2.75, 3.05) is 0 Å². The molecule has 20 heavy (non-hydrogen) atoms. The number of thiophene rings is 1. The van der Waals surface area contributed by atoms with Crippen LogP contribution >= 0.6 is 24.0 Å². The highest BCUT2D eigenvalue weighted by Gasteiger charge is 2.29. The molecular formula is C13H10F3NOS2. The third-order valence-corrected chi connectivity index (χ3v) is 3.91. The Hall–Kier alpha value is -1.47. The molecule has 0 radical (unpaired) electrons. The highest BCUT2D eigenvalue weighted by Crippen LogP contribution is 2.29. The average Bonchev–Trinajstić information content (AvgIpc) is 2.82. The van der Waals surface area contributed by atoms with E-state index in [1.54, 1.807) is 11.4 Å². The SMILES string of the molecule is O=C(NCc1ccc(C(F)(F)F)cc1)c1cc(S)cs1. The van der Waals surface area contributed by atoms with E-state index in [2.05, 4.69) is 17.9 Å². The summed E-state index contributed by atoms with van der Waals surface area (Å²) in [6, 6.07) is 6.33. The van der Waals surface area contributed by atoms with Gasteiger partial charge in [-0.05, 0) is 23.8 Å². The lowest BCUT2D eigenvalue weighted by Gasteiger charge is -2.08. The van der Waals surface area contributed by atoms with E-state index in [-0.39, 0.29) is 12.5 Å². The molecular weight excluding hydrogens is 307 g/mol. The predicted molar refractivity (Wildman–Crippen MR) is 74.2 cm³/mol. The Morgan fingerprint density at radius 1 is 1.25 bits per heavy atom. The predicted octanol–water partition coefficient (Wildman–Crippen LogP) is 3.99. The molecule has 1 amide bonds. The van der Waals surface area contributed by atoms with E-state index in [0.717, 1.165) is 12.1 Å². The molecule has 2 aromatic rings. The molecule has 0 saturated heterocycles. The van der Waals surface area contributed by atoms with Gasteiger partial charge in [-0.2, -0.15) is 13.2 Å². The summed E-state index contributed by atoms with van der Waals surface area (Å²) in [5.74, 6) is -0.268. The standard InChI is InChI=1S/C13H10F3NOS2/c14-13(15,16)9-3-1-8(2-4-9)6-17-12(18)11-5-10(19)7-20-11/h1-5,7,19H,6H2,(H,17,18). The normalized spacial score (nSPS) is 11.4. The molecule has 2 rings (SSSR count). The summed E-state index contributed by atoms with van der Waals surface area (Å²) in [7, 11) is 0. The summed E-state index contributed by atoms with van der Waals surface area (Å²) in [6.45, 7) is 0.177. The first-order valence-electron chi connectivity index (χ1n) is 5.58. The zero-order valence-electron chi connectivity index (χ0n) is 10.1. The second kappa shape index (κ2) is 5.88. The van der Waals surface area contributed by atoms with E-state index in [0.29, 0.717) is 15.3 Å². The molecule has 1 heterocycles. The Kier molecular flexibility index (Phi) is 4.39. The van der Waals surface area contributed by atoms with Gasteiger partial charge in [0.15, 0.2) is 0 Å². The maximum Gasteiger partial charge on any atom is 0.416 e. The van der Waals surface area contributed by atoms with Crippen molar-refractivity contribution in [3.05, 3.63) is 51.7 Å². The number of thiol groups is 1. The molecule has 1 N–H and O–H groups in total. The Balaban J connectivity index is 1.96. The van der Waals surface area contributed by atoms with Gasteiger partial charge in [0, 0.05) is 16.8 Å². The molecule has 0 aliphatic carbocycles. The quantitative estimate of drug-likeness (QED) is 0.824. The molecule has 0 aliphatic rings. The summed E-state index contributed by atoms with van der Waals surface area (Å²) in [5.41, 5.74) is -0.0976. The van der Waals surface area contributed by atoms with Crippen molar-refractivity contribution in [3.8, 4) is 0 Å². The largest absolute Gasteiger partial charge is 0.416 e. The lowest BCUT2D eigenvalue weighted by molar-refractivity contribution is -0.137. The van der Waals surface area contributed by atoms with Crippen LogP contribution in [0, 0.1) is 0 Å². The summed E-state index contributed by atoms with van der Waals surface area (Å²) in [5, 5.41) is 4.38. The van der Waals surface area contributed by atoms with Crippen molar-refractivity contribution >= 4 is 29.9 Å². The first-order chi connectivity index (χ1) is 9.36. The number of halogens is 3. The smallest absolute Gasteiger partial charge is 0.347 e. The van der Waals surface area contributed by atoms with Crippen LogP contribution in [-0.2, 0) is 12.7 Å². The van der Waals surface area contributed by atoms with E-state index in [9.17, 15) is 18.0 Å². The first kappa shape index (κ1) is 14.9. The average molecular weight is 317 g/mol. The molecule has 0 spiro atoms. The van der Waals surface area contributed by atoms with Gasteiger partial charge in [0.1, 0.15) is 0 Å². The van der Waals surface area contributed by atoms with Crippen LogP contribution in [-0.4, -0.2) is 5.91 Å². The molecule has 2 nitrogen and oxygen atoms in total. The fourth-order valence-electron chi connectivity index (χ4n) is 1.53. The Labute approximate surface area is 123 Å². The molecule has 0 aliphatic heterocycles. The molecule has 1 aromatic heterocycles. The fraction of sp³-hybridized carbons (Fsp3) is 0.154. The second-order valence-corrected chi connectivity index (χ2v) is 5.47. The van der Waals surface area contributed by atoms with Crippen molar-refractivity contribution in [3.63, 3.8) is 0 Å². The van der Waals surface area contributed by atoms with Gasteiger partial charge in [0.25, 0.3) is 5.91 Å². The van der Waals surface area contributed by atoms with Gasteiger partial charge in [-0.25, -0.2) is 0 Å². The van der Waals surface area contributed by atoms with E-state index >= 15 is 0 Å². The van der Waals surface area contributed by atoms with Crippen molar-refractivity contribution < 1.29 is 18.0 Å². The fourth-order valence-corrected chi connectivity index (χ4v) is 2.59. The third-order valence-electron chi connectivity index (χ3n) is 2.54. The van der Waals surface area contributed by atoms with Crippen LogP contribution < -0.4 is 5.32 Å². The molecule has 0 bridgehead atoms. The number of hydrogen-bond acceptors (Lipinski definition) is 3. The number of carbonyl (C=O) groups excluding carboxylic acids is 1. The van der Waals surface area contributed by atoms with Gasteiger partial charge in [-0.15, -0.1) is 24.0 Å². The minimum Gasteiger partial charge on any atom is -0.347 e. The molecule has 0 fully saturated rings. The lowest BCUT2D eigenvalue weighted by Crippen LogP contribution is -2.21. The van der Waals surface area contributed by atoms with Crippen LogP contribution in [0.2, 0.25) is 0 Å². The number of nitrogens with one attached hydrogen (secondary N) is 1. The molecule has 1 aromatic carbocycles. The maximum atomic E-state index is 12.4. The summed E-state index contributed by atoms with van der Waals surface area (Å²) < 4.78 is 37.1. The van der Waals surface area contributed by atoms with Crippen LogP contribution in [0.4, 0.5) is 13.2 Å². The second-order valence-electron chi connectivity index (χ2n) is 4.05. The molecule has 0 unspecified atom stereocenters. The number of alkyl halides is 3. The highest BCUT2D eigenvalue weighted by atomic mass is 32.1. The first-order valence-corrected chi connectivity index (χ1v) is 6.91. The summed E-state index contributed by atoms with van der Waals surface area (Å²) >= 11 is 5.36. The van der Waals surface area contributed by atoms with Crippen molar-refractivity contribution in [1.82, 2.24) is 5.32 Å². The van der Waals surface area contributed by atoms with Gasteiger partial charge < -0.3 is 5.32 Å². The Bertz CT molecular complexity index is 605. The lowest BCUT2D eigenvalue weighted by atomic mass is 10.1. The highest BCUT2D eigenvalue weighted by molar-refractivity contribution is 7.80. The summed E-state index contributed by atoms with van der Waals surface area (Å²) in [6.07, 6.45) is -4.35. The number of rotatable bonds is 3. The minimum atomic E-state index is -4.35. The van der Waals surface area contributed by atoms with Gasteiger partial charge in [-0.1, -0.05) is 12.1 Å². The Morgan fingerprint density at radius 2 is 1.90 bits per heavy atom. The van der Waals surface area contributed by atoms with Crippen LogP contribution in [0.5, 0.6) is 0 Å². The van der Waals surface area contributed by atoms with Gasteiger partial charge in [0.05, 0.1) is 10.4 Å². The zero-order chi connectivity index (χ0) is 14.8. The third kappa shape index (κ3) is 3.77. The van der Waals surface area contributed by atoms with Crippen LogP contribution in [0.15, 0.2) is 40.6 Å². The van der Waals surface area contributed by atoms with E-state index < -0.39 is 11.7 Å². The Morgan fingerprint density at radius 3 is 2.40 bits per heavy atom. The van der Waals surface area contributed by atoms with Crippen LogP contribution in [0.1, 0.15) is 20.8 Å². The van der Waals surface area contributed by atoms with E-state index in [4.69, 9.17) is 0 Å². The number of benzene rings is 1. The van der Waals surface area contributed by atoms with Gasteiger partial charge in [0.2, 0.25) is 0 Å². The maximum absolute atomic E-state index is 12.4. The number of hydrogen-bond donors (Lipinski definition) is 2. The molecule has 106 valence electrons. The number of carbonyl (C=O) groups is 1. The molecule has 0 saturated carbocycles. The monoisotopic (exact) mass is 317 g/mol. The van der Waals surface area contributed by atoms with Crippen LogP contribution in [0.25, 0.3) is 0 Å². The van der Waals surface area contributed by atoms with Gasteiger partial charge in [-0.3, -0.25) is 4.79 Å². The molecule has 0 atom stereocenters. The zero-order valence-corrected chi connectivity index (χ0v) is 11.8. The van der Waals surface area contributed by atoms with E-state index in [1.807, 2.05) is 0 Å². The van der Waals surface area contributed by atoms with Gasteiger partial charge >= 0.3 is 6.18 Å².